The number of rotatable bonds is 12. The predicted molar refractivity (Wildman–Crippen MR) is 146 cm³/mol. The molecule has 1 N–H and O–H groups in total. The van der Waals surface area contributed by atoms with Gasteiger partial charge in [-0.2, -0.15) is 10.0 Å². The molecule has 0 unspecified atom stereocenters. The van der Waals surface area contributed by atoms with Gasteiger partial charge in [0.05, 0.1) is 29.7 Å². The second-order valence-corrected chi connectivity index (χ2v) is 8.90. The smallest absolute Gasteiger partial charge is 0.160 e. The molecule has 0 bridgehead atoms. The van der Waals surface area contributed by atoms with Crippen LogP contribution >= 0.6 is 0 Å². The number of nitrogens with zero attached hydrogens (tertiary/aromatic N) is 6. The molecule has 0 saturated heterocycles. The third-order valence-electron chi connectivity index (χ3n) is 5.79. The molecule has 0 radical (unpaired) electrons. The summed E-state index contributed by atoms with van der Waals surface area (Å²) in [5.74, 6) is 1.37. The third-order valence-corrected chi connectivity index (χ3v) is 5.79. The number of allylic oxidation sites excluding steroid dienone is 1. The molecule has 0 saturated carbocycles. The fraction of sp³-hybridized carbons (Fsp3) is 0.370. The standard InChI is InChI=1S/C27H35N7O2/c1-19(2)34-27(26(16-30-34)21(4)33(6)17-23-11-7-8-13-29-23)31-20(3)22-10-9-12-25(14-22)36-18-24(32-35)15-28-5/h7-14,16,19,24,28H,3,15,17-18H2,1-2,4-6H3/b26-21+,31-27?/t24-/m0/s1. The van der Waals surface area contributed by atoms with Crippen molar-refractivity contribution in [1.82, 2.24) is 20.2 Å². The van der Waals surface area contributed by atoms with Crippen molar-refractivity contribution in [1.29, 1.82) is 0 Å². The van der Waals surface area contributed by atoms with E-state index in [0.29, 0.717) is 24.5 Å². The lowest BCUT2D eigenvalue weighted by Crippen LogP contribution is -2.31. The molecule has 0 fully saturated rings. The first-order valence-corrected chi connectivity index (χ1v) is 12.0. The minimum absolute atomic E-state index is 0.119. The summed E-state index contributed by atoms with van der Waals surface area (Å²) < 4.78 is 5.80. The van der Waals surface area contributed by atoms with Crippen molar-refractivity contribution in [2.75, 3.05) is 27.2 Å². The minimum Gasteiger partial charge on any atom is -0.491 e. The lowest BCUT2D eigenvalue weighted by molar-refractivity contribution is 0.286. The molecule has 190 valence electrons. The van der Waals surface area contributed by atoms with Crippen molar-refractivity contribution >= 4 is 17.7 Å². The quantitative estimate of drug-likeness (QED) is 0.447. The fourth-order valence-corrected chi connectivity index (χ4v) is 3.67. The number of hydrazone groups is 1. The van der Waals surface area contributed by atoms with Gasteiger partial charge in [0, 0.05) is 37.1 Å². The Bertz CT molecular complexity index is 1140. The average molecular weight is 490 g/mol. The van der Waals surface area contributed by atoms with Gasteiger partial charge >= 0.3 is 0 Å². The Balaban J connectivity index is 1.84. The Morgan fingerprint density at radius 1 is 1.25 bits per heavy atom. The SMILES string of the molecule is C=C(N=C1/C(=C(\C)N(C)Cc2ccccn2)C=NN1C(C)C)c1cccc(OC[C@H](CNC)N=O)c1. The first-order valence-electron chi connectivity index (χ1n) is 12.0. The molecule has 36 heavy (non-hydrogen) atoms. The second-order valence-electron chi connectivity index (χ2n) is 8.90. The normalized spacial score (nSPS) is 16.4. The number of nitroso groups, excluding NO2 is 1. The van der Waals surface area contributed by atoms with E-state index in [9.17, 15) is 4.91 Å². The molecule has 1 aliphatic heterocycles. The molecule has 2 aromatic rings. The van der Waals surface area contributed by atoms with Crippen LogP contribution in [0.1, 0.15) is 32.0 Å². The fourth-order valence-electron chi connectivity index (χ4n) is 3.67. The predicted octanol–water partition coefficient (Wildman–Crippen LogP) is 4.30. The summed E-state index contributed by atoms with van der Waals surface area (Å²) in [6, 6.07) is 13.1. The molecule has 9 nitrogen and oxygen atoms in total. The van der Waals surface area contributed by atoms with E-state index < -0.39 is 6.04 Å². The summed E-state index contributed by atoms with van der Waals surface area (Å²) in [5.41, 5.74) is 4.36. The Labute approximate surface area is 213 Å². The number of benzene rings is 1. The molecular formula is C27H35N7O2. The lowest BCUT2D eigenvalue weighted by atomic mass is 10.1. The topological polar surface area (TPSA) is 94.8 Å². The van der Waals surface area contributed by atoms with Crippen LogP contribution in [0.2, 0.25) is 0 Å². The van der Waals surface area contributed by atoms with Gasteiger partial charge in [0.15, 0.2) is 5.84 Å². The highest BCUT2D eigenvalue weighted by molar-refractivity contribution is 6.19. The summed E-state index contributed by atoms with van der Waals surface area (Å²) in [6.45, 7) is 11.7. The van der Waals surface area contributed by atoms with Crippen molar-refractivity contribution < 1.29 is 4.74 Å². The Morgan fingerprint density at radius 2 is 2.06 bits per heavy atom. The zero-order valence-corrected chi connectivity index (χ0v) is 21.7. The molecule has 0 aliphatic carbocycles. The molecular weight excluding hydrogens is 454 g/mol. The summed E-state index contributed by atoms with van der Waals surface area (Å²) >= 11 is 0. The maximum absolute atomic E-state index is 11.0. The molecule has 0 spiro atoms. The minimum atomic E-state index is -0.462. The summed E-state index contributed by atoms with van der Waals surface area (Å²) in [7, 11) is 3.81. The van der Waals surface area contributed by atoms with Crippen LogP contribution in [0, 0.1) is 4.91 Å². The van der Waals surface area contributed by atoms with Gasteiger partial charge in [0.25, 0.3) is 0 Å². The molecule has 1 aliphatic rings. The average Bonchev–Trinajstić information content (AvgIpc) is 3.30. The van der Waals surface area contributed by atoms with Crippen LogP contribution in [0.15, 0.2) is 81.8 Å². The highest BCUT2D eigenvalue weighted by atomic mass is 16.5. The Kier molecular flexibility index (Phi) is 9.46. The maximum Gasteiger partial charge on any atom is 0.160 e. The van der Waals surface area contributed by atoms with Crippen molar-refractivity contribution in [3.05, 3.63) is 82.7 Å². The van der Waals surface area contributed by atoms with E-state index in [2.05, 4.69) is 52.8 Å². The van der Waals surface area contributed by atoms with Gasteiger partial charge in [-0.15, -0.1) is 0 Å². The van der Waals surface area contributed by atoms with Crippen LogP contribution in [0.5, 0.6) is 5.75 Å². The van der Waals surface area contributed by atoms with E-state index in [4.69, 9.17) is 9.73 Å². The maximum atomic E-state index is 11.0. The van der Waals surface area contributed by atoms with E-state index in [1.54, 1.807) is 13.2 Å². The number of hydrogen-bond acceptors (Lipinski definition) is 8. The number of amidine groups is 1. The molecule has 9 heteroatoms. The van der Waals surface area contributed by atoms with E-state index in [0.717, 1.165) is 28.4 Å². The summed E-state index contributed by atoms with van der Waals surface area (Å²) in [4.78, 5) is 22.5. The van der Waals surface area contributed by atoms with Gasteiger partial charge in [-0.25, -0.2) is 10.0 Å². The second kappa shape index (κ2) is 12.7. The van der Waals surface area contributed by atoms with Gasteiger partial charge in [0.2, 0.25) is 0 Å². The van der Waals surface area contributed by atoms with Gasteiger partial charge < -0.3 is 15.0 Å². The van der Waals surface area contributed by atoms with Crippen molar-refractivity contribution in [2.45, 2.75) is 39.4 Å². The van der Waals surface area contributed by atoms with Crippen LogP contribution in [0.4, 0.5) is 0 Å². The van der Waals surface area contributed by atoms with E-state index in [1.807, 2.05) is 60.7 Å². The highest BCUT2D eigenvalue weighted by Crippen LogP contribution is 2.25. The number of aliphatic imine (C=N–C) groups is 1. The van der Waals surface area contributed by atoms with Gasteiger partial charge in [0.1, 0.15) is 18.4 Å². The van der Waals surface area contributed by atoms with Crippen LogP contribution in [-0.2, 0) is 6.54 Å². The zero-order valence-electron chi connectivity index (χ0n) is 21.7. The van der Waals surface area contributed by atoms with Crippen LogP contribution in [0.3, 0.4) is 0 Å². The number of ether oxygens (including phenoxy) is 1. The molecule has 0 amide bonds. The van der Waals surface area contributed by atoms with Gasteiger partial charge in [-0.1, -0.05) is 30.0 Å². The van der Waals surface area contributed by atoms with Crippen molar-refractivity contribution in [3.63, 3.8) is 0 Å². The Hall–Kier alpha value is -3.85. The zero-order chi connectivity index (χ0) is 26.1. The lowest BCUT2D eigenvalue weighted by Gasteiger charge is -2.24. The first kappa shape index (κ1) is 26.7. The van der Waals surface area contributed by atoms with E-state index in [-0.39, 0.29) is 12.6 Å². The van der Waals surface area contributed by atoms with Crippen molar-refractivity contribution in [2.24, 2.45) is 15.3 Å². The first-order chi connectivity index (χ1) is 17.3. The number of pyridine rings is 1. The molecule has 1 aromatic heterocycles. The summed E-state index contributed by atoms with van der Waals surface area (Å²) in [6.07, 6.45) is 3.65. The number of nitrogens with one attached hydrogen (secondary N) is 1. The number of hydrogen-bond donors (Lipinski definition) is 1. The number of likely N-dealkylation sites (N-methyl/N-ethyl adjacent to an activating group) is 1. The van der Waals surface area contributed by atoms with Gasteiger partial charge in [-0.05, 0) is 52.1 Å². The van der Waals surface area contributed by atoms with E-state index >= 15 is 0 Å². The largest absolute Gasteiger partial charge is 0.491 e. The third kappa shape index (κ3) is 6.85. The highest BCUT2D eigenvalue weighted by Gasteiger charge is 2.26. The van der Waals surface area contributed by atoms with Crippen LogP contribution < -0.4 is 10.1 Å². The van der Waals surface area contributed by atoms with Crippen LogP contribution in [-0.4, -0.2) is 66.3 Å². The molecule has 2 heterocycles. The molecule has 1 atom stereocenters. The Morgan fingerprint density at radius 3 is 2.72 bits per heavy atom. The molecule has 1 aromatic carbocycles. The number of aromatic nitrogens is 1. The van der Waals surface area contributed by atoms with Crippen LogP contribution in [0.25, 0.3) is 5.70 Å². The molecule has 3 rings (SSSR count). The monoisotopic (exact) mass is 489 g/mol. The van der Waals surface area contributed by atoms with Gasteiger partial charge in [-0.3, -0.25) is 4.98 Å². The summed E-state index contributed by atoms with van der Waals surface area (Å²) in [5, 5.41) is 12.6. The van der Waals surface area contributed by atoms with Crippen molar-refractivity contribution in [3.8, 4) is 5.75 Å². The van der Waals surface area contributed by atoms with E-state index in [1.165, 1.54) is 0 Å².